The molecular formula is C23H20N2O4. The van der Waals surface area contributed by atoms with Crippen LogP contribution in [-0.2, 0) is 4.79 Å². The fraction of sp³-hybridized carbons (Fsp3) is 0.130. The Morgan fingerprint density at radius 2 is 1.45 bits per heavy atom. The molecule has 0 radical (unpaired) electrons. The number of carbonyl (C=O) groups is 2. The molecule has 6 nitrogen and oxygen atoms in total. The highest BCUT2D eigenvalue weighted by Crippen LogP contribution is 2.33. The highest BCUT2D eigenvalue weighted by atomic mass is 16.6. The van der Waals surface area contributed by atoms with Gasteiger partial charge in [0.1, 0.15) is 19.3 Å². The molecular weight excluding hydrogens is 368 g/mol. The molecule has 0 spiro atoms. The maximum absolute atomic E-state index is 13.1. The summed E-state index contributed by atoms with van der Waals surface area (Å²) in [6.45, 7) is 0.963. The summed E-state index contributed by atoms with van der Waals surface area (Å²) in [5.74, 6) is 0.554. The predicted octanol–water partition coefficient (Wildman–Crippen LogP) is 3.57. The standard InChI is InChI=1S/C23H20N2O4/c26-22(17-9-5-2-6-10-17)25-21(16-7-3-1-4-8-16)23(27)24-18-11-12-19-20(15-18)29-14-13-28-19/h1-12,15,21H,13-14H2,(H,24,27)(H,25,26). The van der Waals surface area contributed by atoms with Gasteiger partial charge >= 0.3 is 0 Å². The van der Waals surface area contributed by atoms with Gasteiger partial charge in [0.25, 0.3) is 11.8 Å². The molecule has 1 aliphatic heterocycles. The fourth-order valence-corrected chi connectivity index (χ4v) is 3.09. The fourth-order valence-electron chi connectivity index (χ4n) is 3.09. The van der Waals surface area contributed by atoms with Gasteiger partial charge in [-0.05, 0) is 29.8 Å². The van der Waals surface area contributed by atoms with Gasteiger partial charge in [-0.25, -0.2) is 0 Å². The molecule has 1 atom stereocenters. The Morgan fingerprint density at radius 3 is 2.17 bits per heavy atom. The van der Waals surface area contributed by atoms with Crippen LogP contribution in [0.25, 0.3) is 0 Å². The smallest absolute Gasteiger partial charge is 0.252 e. The topological polar surface area (TPSA) is 76.7 Å². The van der Waals surface area contributed by atoms with Crippen LogP contribution in [0.4, 0.5) is 5.69 Å². The zero-order chi connectivity index (χ0) is 20.1. The summed E-state index contributed by atoms with van der Waals surface area (Å²) < 4.78 is 11.1. The maximum Gasteiger partial charge on any atom is 0.252 e. The Hall–Kier alpha value is -3.80. The second kappa shape index (κ2) is 8.48. The second-order valence-electron chi connectivity index (χ2n) is 6.53. The van der Waals surface area contributed by atoms with Gasteiger partial charge < -0.3 is 20.1 Å². The van der Waals surface area contributed by atoms with E-state index in [4.69, 9.17) is 9.47 Å². The number of hydrogen-bond acceptors (Lipinski definition) is 4. The molecule has 2 N–H and O–H groups in total. The Kier molecular flexibility index (Phi) is 5.42. The van der Waals surface area contributed by atoms with Gasteiger partial charge in [0.15, 0.2) is 11.5 Å². The van der Waals surface area contributed by atoms with E-state index in [0.717, 1.165) is 0 Å². The minimum atomic E-state index is -0.850. The van der Waals surface area contributed by atoms with Crippen molar-refractivity contribution in [3.63, 3.8) is 0 Å². The van der Waals surface area contributed by atoms with Crippen molar-refractivity contribution in [2.45, 2.75) is 6.04 Å². The van der Waals surface area contributed by atoms with Crippen LogP contribution in [0.15, 0.2) is 78.9 Å². The number of ether oxygens (including phenoxy) is 2. The minimum absolute atomic E-state index is 0.322. The van der Waals surface area contributed by atoms with E-state index in [-0.39, 0.29) is 11.8 Å². The van der Waals surface area contributed by atoms with E-state index < -0.39 is 6.04 Å². The highest BCUT2D eigenvalue weighted by molar-refractivity contribution is 6.01. The number of fused-ring (bicyclic) bond motifs is 1. The quantitative estimate of drug-likeness (QED) is 0.701. The van der Waals surface area contributed by atoms with Crippen molar-refractivity contribution in [2.24, 2.45) is 0 Å². The van der Waals surface area contributed by atoms with E-state index in [1.165, 1.54) is 0 Å². The van der Waals surface area contributed by atoms with Crippen molar-refractivity contribution in [3.05, 3.63) is 90.0 Å². The largest absolute Gasteiger partial charge is 0.486 e. The number of nitrogens with one attached hydrogen (secondary N) is 2. The zero-order valence-corrected chi connectivity index (χ0v) is 15.6. The maximum atomic E-state index is 13.1. The van der Waals surface area contributed by atoms with Crippen molar-refractivity contribution in [3.8, 4) is 11.5 Å². The van der Waals surface area contributed by atoms with Crippen LogP contribution in [0.2, 0.25) is 0 Å². The van der Waals surface area contributed by atoms with Gasteiger partial charge in [-0.2, -0.15) is 0 Å². The average Bonchev–Trinajstić information content (AvgIpc) is 2.78. The van der Waals surface area contributed by atoms with Gasteiger partial charge in [0.2, 0.25) is 0 Å². The van der Waals surface area contributed by atoms with E-state index in [2.05, 4.69) is 10.6 Å². The molecule has 0 saturated carbocycles. The molecule has 1 heterocycles. The molecule has 3 aromatic rings. The number of anilines is 1. The Bertz CT molecular complexity index is 1010. The van der Waals surface area contributed by atoms with Gasteiger partial charge in [-0.3, -0.25) is 9.59 Å². The molecule has 0 aromatic heterocycles. The third-order valence-corrected chi connectivity index (χ3v) is 4.52. The third-order valence-electron chi connectivity index (χ3n) is 4.52. The molecule has 4 rings (SSSR count). The molecule has 0 saturated heterocycles. The first-order chi connectivity index (χ1) is 14.2. The first-order valence-corrected chi connectivity index (χ1v) is 9.32. The van der Waals surface area contributed by atoms with Crippen molar-refractivity contribution in [2.75, 3.05) is 18.5 Å². The Balaban J connectivity index is 1.56. The summed E-state index contributed by atoms with van der Waals surface area (Å²) in [6, 6.07) is 22.3. The average molecular weight is 388 g/mol. The normalized spacial score (nSPS) is 13.2. The zero-order valence-electron chi connectivity index (χ0n) is 15.6. The van der Waals surface area contributed by atoms with E-state index in [1.807, 2.05) is 24.3 Å². The van der Waals surface area contributed by atoms with Crippen LogP contribution >= 0.6 is 0 Å². The molecule has 0 bridgehead atoms. The summed E-state index contributed by atoms with van der Waals surface area (Å²) in [5, 5.41) is 5.68. The predicted molar refractivity (Wildman–Crippen MR) is 109 cm³/mol. The molecule has 146 valence electrons. The molecule has 29 heavy (non-hydrogen) atoms. The number of carbonyl (C=O) groups excluding carboxylic acids is 2. The number of rotatable bonds is 5. The molecule has 3 aromatic carbocycles. The summed E-state index contributed by atoms with van der Waals surface area (Å²) in [6.07, 6.45) is 0. The number of hydrogen-bond donors (Lipinski definition) is 2. The van der Waals surface area contributed by atoms with Gasteiger partial charge in [0, 0.05) is 17.3 Å². The van der Waals surface area contributed by atoms with E-state index >= 15 is 0 Å². The van der Waals surface area contributed by atoms with Gasteiger partial charge in [-0.1, -0.05) is 48.5 Å². The molecule has 0 fully saturated rings. The van der Waals surface area contributed by atoms with Crippen molar-refractivity contribution < 1.29 is 19.1 Å². The van der Waals surface area contributed by atoms with Crippen molar-refractivity contribution >= 4 is 17.5 Å². The molecule has 1 aliphatic rings. The lowest BCUT2D eigenvalue weighted by Crippen LogP contribution is -2.37. The summed E-state index contributed by atoms with van der Waals surface area (Å²) in [7, 11) is 0. The third kappa shape index (κ3) is 4.38. The summed E-state index contributed by atoms with van der Waals surface area (Å²) >= 11 is 0. The highest BCUT2D eigenvalue weighted by Gasteiger charge is 2.24. The first-order valence-electron chi connectivity index (χ1n) is 9.32. The molecule has 0 aliphatic carbocycles. The van der Waals surface area contributed by atoms with Crippen LogP contribution in [0.3, 0.4) is 0 Å². The van der Waals surface area contributed by atoms with E-state index in [1.54, 1.807) is 54.6 Å². The van der Waals surface area contributed by atoms with E-state index in [0.29, 0.717) is 41.5 Å². The summed E-state index contributed by atoms with van der Waals surface area (Å²) in [4.78, 5) is 25.7. The lowest BCUT2D eigenvalue weighted by Gasteiger charge is -2.21. The van der Waals surface area contributed by atoms with Gasteiger partial charge in [-0.15, -0.1) is 0 Å². The van der Waals surface area contributed by atoms with Crippen molar-refractivity contribution in [1.82, 2.24) is 5.32 Å². The first kappa shape index (κ1) is 18.6. The number of amides is 2. The van der Waals surface area contributed by atoms with Gasteiger partial charge in [0.05, 0.1) is 0 Å². The molecule has 1 unspecified atom stereocenters. The van der Waals surface area contributed by atoms with Crippen LogP contribution in [0, 0.1) is 0 Å². The van der Waals surface area contributed by atoms with Crippen molar-refractivity contribution in [1.29, 1.82) is 0 Å². The molecule has 2 amide bonds. The number of benzene rings is 3. The minimum Gasteiger partial charge on any atom is -0.486 e. The van der Waals surface area contributed by atoms with Crippen LogP contribution < -0.4 is 20.1 Å². The second-order valence-corrected chi connectivity index (χ2v) is 6.53. The summed E-state index contributed by atoms with van der Waals surface area (Å²) in [5.41, 5.74) is 1.74. The lowest BCUT2D eigenvalue weighted by molar-refractivity contribution is -0.118. The SMILES string of the molecule is O=C(NC(C(=O)Nc1ccc2c(c1)OCCO2)c1ccccc1)c1ccccc1. The van der Waals surface area contributed by atoms with Crippen LogP contribution in [-0.4, -0.2) is 25.0 Å². The Morgan fingerprint density at radius 1 is 0.793 bits per heavy atom. The van der Waals surface area contributed by atoms with Crippen LogP contribution in [0.5, 0.6) is 11.5 Å². The monoisotopic (exact) mass is 388 g/mol. The Labute approximate surface area is 168 Å². The molecule has 6 heteroatoms. The van der Waals surface area contributed by atoms with Crippen LogP contribution in [0.1, 0.15) is 22.0 Å². The lowest BCUT2D eigenvalue weighted by atomic mass is 10.0. The van der Waals surface area contributed by atoms with E-state index in [9.17, 15) is 9.59 Å².